The van der Waals surface area contributed by atoms with Crippen LogP contribution in [-0.4, -0.2) is 52.9 Å². The number of nitrogens with zero attached hydrogens (tertiary/aromatic N) is 1. The van der Waals surface area contributed by atoms with E-state index in [1.807, 2.05) is 0 Å². The Morgan fingerprint density at radius 2 is 1.71 bits per heavy atom. The number of aliphatic hydroxyl groups is 1. The number of carbonyl (C=O) groups excluding carboxylic acids is 1. The van der Waals surface area contributed by atoms with E-state index in [0.717, 1.165) is 12.8 Å². The van der Waals surface area contributed by atoms with E-state index in [4.69, 9.17) is 10.2 Å². The zero-order valence-electron chi connectivity index (χ0n) is 12.5. The fraction of sp³-hybridized carbons (Fsp3) is 0.867. The second kappa shape index (κ2) is 7.11. The summed E-state index contributed by atoms with van der Waals surface area (Å²) in [5.74, 6) is -1.10. The standard InChI is InChI=1S/C15H26N2O4/c18-11-4-12(13(19)20)16-14(21)17-9-7-15(8-10-17)5-2-1-3-6-15/h12,18H,1-11H2,(H,16,21)(H,19,20). The number of hydrogen-bond acceptors (Lipinski definition) is 3. The maximum absolute atomic E-state index is 12.1. The molecule has 0 aromatic rings. The molecule has 0 aromatic carbocycles. The van der Waals surface area contributed by atoms with Gasteiger partial charge in [-0.3, -0.25) is 0 Å². The van der Waals surface area contributed by atoms with E-state index in [9.17, 15) is 9.59 Å². The lowest BCUT2D eigenvalue weighted by molar-refractivity contribution is -0.139. The van der Waals surface area contributed by atoms with Crippen LogP contribution in [0, 0.1) is 5.41 Å². The normalized spacial score (nSPS) is 22.8. The zero-order valence-corrected chi connectivity index (χ0v) is 12.5. The van der Waals surface area contributed by atoms with Crippen molar-refractivity contribution >= 4 is 12.0 Å². The summed E-state index contributed by atoms with van der Waals surface area (Å²) in [6.45, 7) is 1.16. The van der Waals surface area contributed by atoms with Crippen LogP contribution in [0.25, 0.3) is 0 Å². The molecule has 2 aliphatic rings. The van der Waals surface area contributed by atoms with Crippen molar-refractivity contribution in [1.82, 2.24) is 10.2 Å². The first-order valence-corrected chi connectivity index (χ1v) is 7.95. The first-order chi connectivity index (χ1) is 10.1. The monoisotopic (exact) mass is 298 g/mol. The quantitative estimate of drug-likeness (QED) is 0.735. The molecule has 0 radical (unpaired) electrons. The molecule has 1 saturated carbocycles. The van der Waals surface area contributed by atoms with Crippen molar-refractivity contribution in [2.24, 2.45) is 5.41 Å². The number of amides is 2. The van der Waals surface area contributed by atoms with E-state index >= 15 is 0 Å². The van der Waals surface area contributed by atoms with Gasteiger partial charge in [0, 0.05) is 26.1 Å². The number of carboxylic acid groups (broad SMARTS) is 1. The van der Waals surface area contributed by atoms with Crippen LogP contribution < -0.4 is 5.32 Å². The van der Waals surface area contributed by atoms with Crippen molar-refractivity contribution in [2.45, 2.75) is 57.4 Å². The third kappa shape index (κ3) is 4.09. The first-order valence-electron chi connectivity index (χ1n) is 7.95. The fourth-order valence-corrected chi connectivity index (χ4v) is 3.61. The smallest absolute Gasteiger partial charge is 0.326 e. The number of carboxylic acids is 1. The lowest BCUT2D eigenvalue weighted by Crippen LogP contribution is -2.52. The molecular formula is C15H26N2O4. The molecule has 2 fully saturated rings. The summed E-state index contributed by atoms with van der Waals surface area (Å²) in [4.78, 5) is 24.8. The van der Waals surface area contributed by atoms with Gasteiger partial charge in [0.25, 0.3) is 0 Å². The highest BCUT2D eigenvalue weighted by molar-refractivity contribution is 5.82. The Morgan fingerprint density at radius 3 is 2.24 bits per heavy atom. The molecule has 1 aliphatic carbocycles. The van der Waals surface area contributed by atoms with E-state index in [2.05, 4.69) is 5.32 Å². The molecule has 21 heavy (non-hydrogen) atoms. The number of hydrogen-bond donors (Lipinski definition) is 3. The highest BCUT2D eigenvalue weighted by atomic mass is 16.4. The van der Waals surface area contributed by atoms with Gasteiger partial charge in [-0.15, -0.1) is 0 Å². The number of aliphatic hydroxyl groups excluding tert-OH is 1. The minimum absolute atomic E-state index is 0.0405. The van der Waals surface area contributed by atoms with E-state index in [1.165, 1.54) is 32.1 Å². The van der Waals surface area contributed by atoms with Crippen LogP contribution in [0.4, 0.5) is 4.79 Å². The maximum atomic E-state index is 12.1. The fourth-order valence-electron chi connectivity index (χ4n) is 3.61. The van der Waals surface area contributed by atoms with E-state index in [1.54, 1.807) is 4.90 Å². The number of nitrogens with one attached hydrogen (secondary N) is 1. The van der Waals surface area contributed by atoms with Crippen LogP contribution in [0.1, 0.15) is 51.4 Å². The number of urea groups is 1. The third-order valence-electron chi connectivity index (χ3n) is 5.04. The maximum Gasteiger partial charge on any atom is 0.326 e. The largest absolute Gasteiger partial charge is 0.480 e. The molecule has 1 aliphatic heterocycles. The molecule has 120 valence electrons. The Bertz CT molecular complexity index is 370. The van der Waals surface area contributed by atoms with Crippen LogP contribution in [0.2, 0.25) is 0 Å². The molecular weight excluding hydrogens is 272 g/mol. The Balaban J connectivity index is 1.83. The van der Waals surface area contributed by atoms with E-state index in [0.29, 0.717) is 18.5 Å². The molecule has 1 heterocycles. The first kappa shape index (κ1) is 16.1. The number of likely N-dealkylation sites (tertiary alicyclic amines) is 1. The van der Waals surface area contributed by atoms with Gasteiger partial charge in [0.1, 0.15) is 6.04 Å². The summed E-state index contributed by atoms with van der Waals surface area (Å²) in [6, 6.07) is -1.32. The summed E-state index contributed by atoms with van der Waals surface area (Å²) >= 11 is 0. The van der Waals surface area contributed by atoms with Gasteiger partial charge in [0.2, 0.25) is 0 Å². The summed E-state index contributed by atoms with van der Waals surface area (Å²) in [6.07, 6.45) is 8.55. The number of carbonyl (C=O) groups is 2. The Labute approximate surface area is 125 Å². The van der Waals surface area contributed by atoms with Gasteiger partial charge < -0.3 is 20.4 Å². The van der Waals surface area contributed by atoms with E-state index < -0.39 is 12.0 Å². The van der Waals surface area contributed by atoms with Crippen molar-refractivity contribution in [3.8, 4) is 0 Å². The van der Waals surface area contributed by atoms with Gasteiger partial charge in [-0.25, -0.2) is 9.59 Å². The zero-order chi connectivity index (χ0) is 15.3. The molecule has 3 N–H and O–H groups in total. The third-order valence-corrected chi connectivity index (χ3v) is 5.04. The van der Waals surface area contributed by atoms with Crippen LogP contribution >= 0.6 is 0 Å². The Morgan fingerprint density at radius 1 is 1.10 bits per heavy atom. The van der Waals surface area contributed by atoms with Gasteiger partial charge in [-0.2, -0.15) is 0 Å². The Hall–Kier alpha value is -1.30. The molecule has 1 atom stereocenters. The SMILES string of the molecule is O=C(O)C(CCO)NC(=O)N1CCC2(CCCCC2)CC1. The average molecular weight is 298 g/mol. The van der Waals surface area contributed by atoms with Crippen molar-refractivity contribution in [3.05, 3.63) is 0 Å². The molecule has 6 heteroatoms. The van der Waals surface area contributed by atoms with Crippen LogP contribution in [0.15, 0.2) is 0 Å². The van der Waals surface area contributed by atoms with Gasteiger partial charge >= 0.3 is 12.0 Å². The molecule has 1 unspecified atom stereocenters. The van der Waals surface area contributed by atoms with Gasteiger partial charge in [-0.1, -0.05) is 19.3 Å². The molecule has 6 nitrogen and oxygen atoms in total. The summed E-state index contributed by atoms with van der Waals surface area (Å²) in [7, 11) is 0. The lowest BCUT2D eigenvalue weighted by atomic mass is 9.68. The number of aliphatic carboxylic acids is 1. The average Bonchev–Trinajstić information content (AvgIpc) is 2.48. The summed E-state index contributed by atoms with van der Waals surface area (Å²) < 4.78 is 0. The molecule has 0 bridgehead atoms. The minimum Gasteiger partial charge on any atom is -0.480 e. The van der Waals surface area contributed by atoms with Crippen molar-refractivity contribution < 1.29 is 19.8 Å². The second-order valence-corrected chi connectivity index (χ2v) is 6.40. The summed E-state index contributed by atoms with van der Waals surface area (Å²) in [5, 5.41) is 20.4. The molecule has 1 saturated heterocycles. The van der Waals surface area contributed by atoms with Crippen LogP contribution in [0.5, 0.6) is 0 Å². The highest BCUT2D eigenvalue weighted by Gasteiger charge is 2.37. The number of rotatable bonds is 4. The van der Waals surface area contributed by atoms with Gasteiger partial charge in [0.05, 0.1) is 0 Å². The molecule has 1 spiro atoms. The van der Waals surface area contributed by atoms with Crippen LogP contribution in [-0.2, 0) is 4.79 Å². The molecule has 0 aromatic heterocycles. The van der Waals surface area contributed by atoms with Gasteiger partial charge in [-0.05, 0) is 31.1 Å². The van der Waals surface area contributed by atoms with E-state index in [-0.39, 0.29) is 19.1 Å². The predicted molar refractivity (Wildman–Crippen MR) is 78.0 cm³/mol. The summed E-state index contributed by atoms with van der Waals surface area (Å²) in [5.41, 5.74) is 0.423. The van der Waals surface area contributed by atoms with Crippen molar-refractivity contribution in [1.29, 1.82) is 0 Å². The minimum atomic E-state index is -1.10. The van der Waals surface area contributed by atoms with Gasteiger partial charge in [0.15, 0.2) is 0 Å². The topological polar surface area (TPSA) is 89.9 Å². The Kier molecular flexibility index (Phi) is 5.45. The second-order valence-electron chi connectivity index (χ2n) is 6.40. The number of piperidine rings is 1. The highest BCUT2D eigenvalue weighted by Crippen LogP contribution is 2.44. The predicted octanol–water partition coefficient (Wildman–Crippen LogP) is 1.58. The lowest BCUT2D eigenvalue weighted by Gasteiger charge is -2.44. The molecule has 2 rings (SSSR count). The van der Waals surface area contributed by atoms with Crippen LogP contribution in [0.3, 0.4) is 0 Å². The molecule has 2 amide bonds. The van der Waals surface area contributed by atoms with Crippen molar-refractivity contribution in [2.75, 3.05) is 19.7 Å². The van der Waals surface area contributed by atoms with Crippen molar-refractivity contribution in [3.63, 3.8) is 0 Å².